The minimum atomic E-state index is -1.25. The third-order valence-corrected chi connectivity index (χ3v) is 2.76. The number of carbonyl (C=O) groups excluding carboxylic acids is 4. The fraction of sp³-hybridized carbons (Fsp3) is 0.529. The van der Waals surface area contributed by atoms with Crippen LogP contribution in [0.2, 0.25) is 0 Å². The molecule has 1 aromatic heterocycles. The Morgan fingerprint density at radius 2 is 1.62 bits per heavy atom. The van der Waals surface area contributed by atoms with Gasteiger partial charge in [0.05, 0.1) is 5.56 Å². The van der Waals surface area contributed by atoms with Gasteiger partial charge in [0.1, 0.15) is 17.7 Å². The topological polar surface area (TPSA) is 169 Å². The number of ether oxygens (including phenoxy) is 3. The monoisotopic (exact) mass is 412 g/mol. The Morgan fingerprint density at radius 3 is 2.10 bits per heavy atom. The van der Waals surface area contributed by atoms with Gasteiger partial charge in [0.2, 0.25) is 0 Å². The Morgan fingerprint density at radius 1 is 1.07 bits per heavy atom. The highest BCUT2D eigenvalue weighted by Gasteiger charge is 2.23. The third-order valence-electron chi connectivity index (χ3n) is 2.76. The van der Waals surface area contributed by atoms with Crippen LogP contribution in [0.3, 0.4) is 0 Å². The quantitative estimate of drug-likeness (QED) is 0.544. The number of nitrogens with two attached hydrogens (primary N) is 1. The van der Waals surface area contributed by atoms with Crippen molar-refractivity contribution in [1.29, 1.82) is 0 Å². The molecule has 0 unspecified atom stereocenters. The smallest absolute Gasteiger partial charge is 0.444 e. The number of anilines is 1. The molecule has 1 aromatic rings. The normalized spacial score (nSPS) is 11.4. The van der Waals surface area contributed by atoms with E-state index in [1.165, 1.54) is 0 Å². The van der Waals surface area contributed by atoms with Gasteiger partial charge in [-0.05, 0) is 41.5 Å². The van der Waals surface area contributed by atoms with Crippen molar-refractivity contribution < 1.29 is 33.4 Å². The van der Waals surface area contributed by atoms with Crippen LogP contribution in [0.25, 0.3) is 0 Å². The second-order valence-corrected chi connectivity index (χ2v) is 7.84. The highest BCUT2D eigenvalue weighted by Crippen LogP contribution is 2.13. The number of nitrogens with one attached hydrogen (secondary N) is 1. The molecule has 0 spiro atoms. The van der Waals surface area contributed by atoms with E-state index in [0.717, 1.165) is 6.20 Å². The molecule has 0 bridgehead atoms. The minimum Gasteiger partial charge on any atom is -0.444 e. The zero-order valence-electron chi connectivity index (χ0n) is 17.0. The van der Waals surface area contributed by atoms with Crippen molar-refractivity contribution in [3.63, 3.8) is 0 Å². The van der Waals surface area contributed by atoms with E-state index in [2.05, 4.69) is 15.0 Å². The average molecular weight is 412 g/mol. The summed E-state index contributed by atoms with van der Waals surface area (Å²) >= 11 is 0. The first-order chi connectivity index (χ1) is 13.1. The fourth-order valence-electron chi connectivity index (χ4n) is 1.82. The van der Waals surface area contributed by atoms with Crippen LogP contribution in [0.4, 0.5) is 15.4 Å². The summed E-state index contributed by atoms with van der Waals surface area (Å²) in [6, 6.07) is 0. The summed E-state index contributed by atoms with van der Waals surface area (Å²) in [4.78, 5) is 62.5. The number of aromatic nitrogens is 2. The highest BCUT2D eigenvalue weighted by molar-refractivity contribution is 6.00. The van der Waals surface area contributed by atoms with Crippen LogP contribution in [0.5, 0.6) is 0 Å². The molecule has 3 N–H and O–H groups in total. The van der Waals surface area contributed by atoms with Crippen LogP contribution in [0, 0.1) is 0 Å². The SMILES string of the molecule is CC(C)(C)OC(=O)Nc1nc(=O)n(CC(=O)OC(=O)OC(C)(C)C)cc1C(N)=O. The van der Waals surface area contributed by atoms with E-state index in [4.69, 9.17) is 15.2 Å². The van der Waals surface area contributed by atoms with E-state index in [1.54, 1.807) is 41.5 Å². The molecule has 12 nitrogen and oxygen atoms in total. The Kier molecular flexibility index (Phi) is 7.09. The molecule has 0 atom stereocenters. The molecule has 0 saturated heterocycles. The molecule has 12 heteroatoms. The summed E-state index contributed by atoms with van der Waals surface area (Å²) in [5.74, 6) is -2.60. The molecule has 0 aliphatic carbocycles. The lowest BCUT2D eigenvalue weighted by Gasteiger charge is -2.20. The summed E-state index contributed by atoms with van der Waals surface area (Å²) in [5, 5.41) is 2.15. The highest BCUT2D eigenvalue weighted by atomic mass is 16.7. The van der Waals surface area contributed by atoms with Crippen LogP contribution in [0.15, 0.2) is 11.0 Å². The fourth-order valence-corrected chi connectivity index (χ4v) is 1.82. The van der Waals surface area contributed by atoms with Gasteiger partial charge in [-0.25, -0.2) is 19.2 Å². The standard InChI is InChI=1S/C17H24N4O8/c1-16(2,3)28-14(25)20-12-9(11(18)23)7-21(13(24)19-12)8-10(22)27-15(26)29-17(4,5)6/h7H,8H2,1-6H3,(H2,18,23)(H,19,20,24,25). The van der Waals surface area contributed by atoms with E-state index < -0.39 is 53.4 Å². The van der Waals surface area contributed by atoms with Crippen LogP contribution >= 0.6 is 0 Å². The Balaban J connectivity index is 3.02. The van der Waals surface area contributed by atoms with Crippen molar-refractivity contribution >= 4 is 29.9 Å². The van der Waals surface area contributed by atoms with E-state index in [1.807, 2.05) is 0 Å². The molecule has 0 aliphatic rings. The second-order valence-electron chi connectivity index (χ2n) is 7.84. The molecule has 0 fully saturated rings. The zero-order chi connectivity index (χ0) is 22.6. The van der Waals surface area contributed by atoms with Gasteiger partial charge >= 0.3 is 23.9 Å². The Labute approximate surface area is 166 Å². The summed E-state index contributed by atoms with van der Waals surface area (Å²) in [7, 11) is 0. The number of primary amides is 1. The molecule has 0 radical (unpaired) electrons. The second kappa shape index (κ2) is 8.71. The molecular weight excluding hydrogens is 388 g/mol. The molecule has 1 rings (SSSR count). The van der Waals surface area contributed by atoms with Crippen molar-refractivity contribution in [2.45, 2.75) is 59.3 Å². The molecule has 0 aliphatic heterocycles. The van der Waals surface area contributed by atoms with Crippen molar-refractivity contribution in [2.24, 2.45) is 5.73 Å². The number of hydrogen-bond acceptors (Lipinski definition) is 9. The van der Waals surface area contributed by atoms with Gasteiger partial charge in [0, 0.05) is 6.20 Å². The van der Waals surface area contributed by atoms with Crippen LogP contribution in [-0.4, -0.2) is 44.9 Å². The molecule has 0 saturated carbocycles. The number of carbonyl (C=O) groups is 4. The maximum absolute atomic E-state index is 12.1. The van der Waals surface area contributed by atoms with Crippen molar-refractivity contribution in [3.8, 4) is 0 Å². The summed E-state index contributed by atoms with van der Waals surface area (Å²) in [6.07, 6.45) is -1.31. The van der Waals surface area contributed by atoms with Crippen molar-refractivity contribution in [1.82, 2.24) is 9.55 Å². The van der Waals surface area contributed by atoms with Gasteiger partial charge in [-0.2, -0.15) is 4.98 Å². The zero-order valence-corrected chi connectivity index (χ0v) is 17.0. The molecule has 29 heavy (non-hydrogen) atoms. The Bertz CT molecular complexity index is 877. The van der Waals surface area contributed by atoms with Gasteiger partial charge in [-0.1, -0.05) is 0 Å². The van der Waals surface area contributed by atoms with E-state index in [9.17, 15) is 24.0 Å². The predicted molar refractivity (Wildman–Crippen MR) is 99.2 cm³/mol. The predicted octanol–water partition coefficient (Wildman–Crippen LogP) is 1.17. The van der Waals surface area contributed by atoms with Gasteiger partial charge in [-0.15, -0.1) is 0 Å². The maximum Gasteiger partial charge on any atom is 0.516 e. The molecule has 1 heterocycles. The minimum absolute atomic E-state index is 0.361. The van der Waals surface area contributed by atoms with Gasteiger partial charge in [0.25, 0.3) is 5.91 Å². The van der Waals surface area contributed by atoms with E-state index >= 15 is 0 Å². The van der Waals surface area contributed by atoms with Crippen LogP contribution < -0.4 is 16.7 Å². The molecule has 160 valence electrons. The number of hydrogen-bond donors (Lipinski definition) is 2. The lowest BCUT2D eigenvalue weighted by molar-refractivity contribution is -0.142. The molecular formula is C17H24N4O8. The first kappa shape index (κ1) is 23.6. The van der Waals surface area contributed by atoms with Crippen molar-refractivity contribution in [3.05, 3.63) is 22.2 Å². The first-order valence-corrected chi connectivity index (χ1v) is 8.42. The van der Waals surface area contributed by atoms with E-state index in [0.29, 0.717) is 4.57 Å². The summed E-state index contributed by atoms with van der Waals surface area (Å²) in [5.41, 5.74) is 2.15. The van der Waals surface area contributed by atoms with Gasteiger partial charge in [0.15, 0.2) is 5.82 Å². The number of nitrogens with zero attached hydrogens (tertiary/aromatic N) is 2. The molecule has 2 amide bonds. The van der Waals surface area contributed by atoms with Crippen LogP contribution in [0.1, 0.15) is 51.9 Å². The van der Waals surface area contributed by atoms with Gasteiger partial charge < -0.3 is 19.9 Å². The third kappa shape index (κ3) is 8.41. The summed E-state index contributed by atoms with van der Waals surface area (Å²) < 4.78 is 15.0. The van der Waals surface area contributed by atoms with E-state index in [-0.39, 0.29) is 5.56 Å². The largest absolute Gasteiger partial charge is 0.516 e. The first-order valence-electron chi connectivity index (χ1n) is 8.42. The summed E-state index contributed by atoms with van der Waals surface area (Å²) in [6.45, 7) is 8.81. The van der Waals surface area contributed by atoms with Crippen LogP contribution in [-0.2, 0) is 25.5 Å². The lowest BCUT2D eigenvalue weighted by Crippen LogP contribution is -2.34. The average Bonchev–Trinajstić information content (AvgIpc) is 2.45. The maximum atomic E-state index is 12.1. The van der Waals surface area contributed by atoms with Gasteiger partial charge in [-0.3, -0.25) is 14.7 Å². The Hall–Kier alpha value is -3.44. The van der Waals surface area contributed by atoms with Crippen molar-refractivity contribution in [2.75, 3.05) is 5.32 Å². The number of rotatable bonds is 4. The molecule has 0 aromatic carbocycles. The lowest BCUT2D eigenvalue weighted by atomic mass is 10.2. The number of esters is 1. The number of amides is 2.